The normalized spacial score (nSPS) is 10.3. The van der Waals surface area contributed by atoms with Gasteiger partial charge in [0.25, 0.3) is 0 Å². The Balaban J connectivity index is 2.15. The second-order valence-corrected chi connectivity index (χ2v) is 4.99. The monoisotopic (exact) mass is 288 g/mol. The maximum Gasteiger partial charge on any atom is 0.229 e. The van der Waals surface area contributed by atoms with Gasteiger partial charge < -0.3 is 11.1 Å². The molecule has 5 nitrogen and oxygen atoms in total. The van der Waals surface area contributed by atoms with Crippen molar-refractivity contribution < 1.29 is 4.79 Å². The molecule has 2 aromatic rings. The summed E-state index contributed by atoms with van der Waals surface area (Å²) < 4.78 is 1.55. The van der Waals surface area contributed by atoms with Crippen molar-refractivity contribution in [3.8, 4) is 0 Å². The smallest absolute Gasteiger partial charge is 0.229 e. The summed E-state index contributed by atoms with van der Waals surface area (Å²) in [5.74, 6) is 0.400. The molecule has 0 aliphatic rings. The third-order valence-electron chi connectivity index (χ3n) is 3.07. The van der Waals surface area contributed by atoms with Crippen LogP contribution in [0.5, 0.6) is 0 Å². The molecule has 0 spiro atoms. The van der Waals surface area contributed by atoms with Crippen LogP contribution in [0.25, 0.3) is 0 Å². The van der Waals surface area contributed by atoms with E-state index in [0.29, 0.717) is 17.8 Å². The number of anilines is 1. The van der Waals surface area contributed by atoms with Gasteiger partial charge in [0.1, 0.15) is 10.8 Å². The highest BCUT2D eigenvalue weighted by Crippen LogP contribution is 2.15. The molecule has 0 saturated carbocycles. The first-order valence-electron chi connectivity index (χ1n) is 6.15. The molecule has 0 bridgehead atoms. The van der Waals surface area contributed by atoms with Crippen LogP contribution in [-0.2, 0) is 18.3 Å². The van der Waals surface area contributed by atoms with Crippen LogP contribution in [0.4, 0.5) is 5.82 Å². The molecule has 2 rings (SSSR count). The first-order chi connectivity index (χ1) is 9.49. The fraction of sp³-hybridized carbons (Fsp3) is 0.214. The minimum atomic E-state index is -0.125. The number of hydrogen-bond acceptors (Lipinski definition) is 3. The highest BCUT2D eigenvalue weighted by atomic mass is 32.1. The maximum atomic E-state index is 12.1. The molecular formula is C14H16N4OS. The lowest BCUT2D eigenvalue weighted by atomic mass is 10.1. The van der Waals surface area contributed by atoms with Crippen LogP contribution in [0.3, 0.4) is 0 Å². The standard InChI is InChI=1S/C14H16N4OS/c1-9-5-3-4-6-10(9)7-12(19)17-14-11(13(15)20)8-16-18(14)2/h3-6,8H,7H2,1-2H3,(H2,15,20)(H,17,19). The van der Waals surface area contributed by atoms with Gasteiger partial charge in [0.15, 0.2) is 0 Å². The number of thiocarbonyl (C=S) groups is 1. The van der Waals surface area contributed by atoms with Crippen molar-refractivity contribution in [3.63, 3.8) is 0 Å². The molecule has 1 aromatic heterocycles. The highest BCUT2D eigenvalue weighted by Gasteiger charge is 2.14. The summed E-state index contributed by atoms with van der Waals surface area (Å²) in [5.41, 5.74) is 8.25. The number of rotatable bonds is 4. The summed E-state index contributed by atoms with van der Waals surface area (Å²) >= 11 is 4.94. The van der Waals surface area contributed by atoms with E-state index in [9.17, 15) is 4.79 Å². The minimum absolute atomic E-state index is 0.125. The number of nitrogens with two attached hydrogens (primary N) is 1. The van der Waals surface area contributed by atoms with Gasteiger partial charge in [-0.15, -0.1) is 0 Å². The van der Waals surface area contributed by atoms with Crippen molar-refractivity contribution in [2.75, 3.05) is 5.32 Å². The molecule has 20 heavy (non-hydrogen) atoms. The number of carbonyl (C=O) groups is 1. The van der Waals surface area contributed by atoms with Crippen molar-refractivity contribution in [2.45, 2.75) is 13.3 Å². The Kier molecular flexibility index (Phi) is 4.14. The molecule has 0 aliphatic heterocycles. The van der Waals surface area contributed by atoms with Crippen LogP contribution in [0.2, 0.25) is 0 Å². The number of hydrogen-bond donors (Lipinski definition) is 2. The van der Waals surface area contributed by atoms with Gasteiger partial charge in [-0.1, -0.05) is 36.5 Å². The number of carbonyl (C=O) groups excluding carboxylic acids is 1. The second-order valence-electron chi connectivity index (χ2n) is 4.55. The average Bonchev–Trinajstić information content (AvgIpc) is 2.74. The summed E-state index contributed by atoms with van der Waals surface area (Å²) in [4.78, 5) is 12.3. The molecular weight excluding hydrogens is 272 g/mol. The summed E-state index contributed by atoms with van der Waals surface area (Å²) in [6.07, 6.45) is 1.85. The van der Waals surface area contributed by atoms with Crippen LogP contribution in [-0.4, -0.2) is 20.7 Å². The van der Waals surface area contributed by atoms with E-state index < -0.39 is 0 Å². The van der Waals surface area contributed by atoms with Crippen LogP contribution in [0.15, 0.2) is 30.5 Å². The van der Waals surface area contributed by atoms with Crippen LogP contribution >= 0.6 is 12.2 Å². The number of amides is 1. The summed E-state index contributed by atoms with van der Waals surface area (Å²) in [5, 5.41) is 6.86. The number of nitrogens with one attached hydrogen (secondary N) is 1. The molecule has 1 heterocycles. The van der Waals surface area contributed by atoms with Crippen LogP contribution < -0.4 is 11.1 Å². The molecule has 0 atom stereocenters. The van der Waals surface area contributed by atoms with Crippen LogP contribution in [0, 0.1) is 6.92 Å². The van der Waals surface area contributed by atoms with Gasteiger partial charge >= 0.3 is 0 Å². The van der Waals surface area contributed by atoms with Crippen molar-refractivity contribution in [1.29, 1.82) is 0 Å². The number of aryl methyl sites for hydroxylation is 2. The predicted octanol–water partition coefficient (Wildman–Crippen LogP) is 1.54. The number of benzene rings is 1. The van der Waals surface area contributed by atoms with Gasteiger partial charge in [-0.3, -0.25) is 9.48 Å². The molecule has 0 unspecified atom stereocenters. The molecule has 3 N–H and O–H groups in total. The molecule has 0 fully saturated rings. The van der Waals surface area contributed by atoms with Gasteiger partial charge in [0.05, 0.1) is 18.2 Å². The van der Waals surface area contributed by atoms with Gasteiger partial charge in [-0.2, -0.15) is 5.10 Å². The zero-order valence-corrected chi connectivity index (χ0v) is 12.2. The average molecular weight is 288 g/mol. The van der Waals surface area contributed by atoms with Gasteiger partial charge in [-0.05, 0) is 18.1 Å². The Hall–Kier alpha value is -2.21. The third kappa shape index (κ3) is 3.03. The first-order valence-corrected chi connectivity index (χ1v) is 6.56. The van der Waals surface area contributed by atoms with Gasteiger partial charge in [0.2, 0.25) is 5.91 Å². The summed E-state index contributed by atoms with van der Waals surface area (Å²) in [6, 6.07) is 7.78. The molecule has 0 aliphatic carbocycles. The highest BCUT2D eigenvalue weighted by molar-refractivity contribution is 7.80. The SMILES string of the molecule is Cc1ccccc1CC(=O)Nc1c(C(N)=S)cnn1C. The lowest BCUT2D eigenvalue weighted by Crippen LogP contribution is -2.20. The van der Waals surface area contributed by atoms with E-state index in [1.165, 1.54) is 0 Å². The third-order valence-corrected chi connectivity index (χ3v) is 3.29. The molecule has 0 radical (unpaired) electrons. The zero-order valence-electron chi connectivity index (χ0n) is 11.4. The van der Waals surface area contributed by atoms with E-state index in [-0.39, 0.29) is 10.9 Å². The largest absolute Gasteiger partial charge is 0.389 e. The van der Waals surface area contributed by atoms with E-state index in [1.54, 1.807) is 17.9 Å². The van der Waals surface area contributed by atoms with E-state index in [1.807, 2.05) is 31.2 Å². The van der Waals surface area contributed by atoms with Gasteiger partial charge in [-0.25, -0.2) is 0 Å². The Bertz CT molecular complexity index is 663. The van der Waals surface area contributed by atoms with Crippen molar-refractivity contribution in [1.82, 2.24) is 9.78 Å². The number of nitrogens with zero attached hydrogens (tertiary/aromatic N) is 2. The lowest BCUT2D eigenvalue weighted by molar-refractivity contribution is -0.115. The van der Waals surface area contributed by atoms with Crippen molar-refractivity contribution >= 4 is 28.9 Å². The first kappa shape index (κ1) is 14.2. The second kappa shape index (κ2) is 5.83. The topological polar surface area (TPSA) is 72.9 Å². The fourth-order valence-electron chi connectivity index (χ4n) is 1.92. The minimum Gasteiger partial charge on any atom is -0.389 e. The fourth-order valence-corrected chi connectivity index (χ4v) is 2.07. The Morgan fingerprint density at radius 1 is 1.45 bits per heavy atom. The molecule has 104 valence electrons. The molecule has 6 heteroatoms. The van der Waals surface area contributed by atoms with E-state index in [4.69, 9.17) is 18.0 Å². The van der Waals surface area contributed by atoms with E-state index in [0.717, 1.165) is 11.1 Å². The Morgan fingerprint density at radius 3 is 2.80 bits per heavy atom. The lowest BCUT2D eigenvalue weighted by Gasteiger charge is -2.09. The summed E-state index contributed by atoms with van der Waals surface area (Å²) in [7, 11) is 1.73. The molecule has 0 saturated heterocycles. The quantitative estimate of drug-likeness (QED) is 0.837. The van der Waals surface area contributed by atoms with Crippen molar-refractivity contribution in [2.24, 2.45) is 12.8 Å². The molecule has 1 aromatic carbocycles. The summed E-state index contributed by atoms with van der Waals surface area (Å²) in [6.45, 7) is 1.98. The number of aromatic nitrogens is 2. The predicted molar refractivity (Wildman–Crippen MR) is 82.6 cm³/mol. The van der Waals surface area contributed by atoms with E-state index >= 15 is 0 Å². The van der Waals surface area contributed by atoms with E-state index in [2.05, 4.69) is 10.4 Å². The maximum absolute atomic E-state index is 12.1. The molecule has 1 amide bonds. The van der Waals surface area contributed by atoms with Crippen molar-refractivity contribution in [3.05, 3.63) is 47.2 Å². The Morgan fingerprint density at radius 2 is 2.15 bits per heavy atom. The zero-order chi connectivity index (χ0) is 14.7. The van der Waals surface area contributed by atoms with Crippen LogP contribution in [0.1, 0.15) is 16.7 Å². The Labute approximate surface area is 122 Å². The van der Waals surface area contributed by atoms with Gasteiger partial charge in [0, 0.05) is 7.05 Å².